The van der Waals surface area contributed by atoms with Gasteiger partial charge in [0.05, 0.1) is 19.1 Å². The molecule has 0 fully saturated rings. The number of aliphatic hydroxyl groups excluding tert-OH is 1. The number of hydroxylamine groups is 1. The molecule has 36 heavy (non-hydrogen) atoms. The summed E-state index contributed by atoms with van der Waals surface area (Å²) >= 11 is 0. The highest BCUT2D eigenvalue weighted by Gasteiger charge is 2.19. The van der Waals surface area contributed by atoms with Crippen molar-refractivity contribution in [2.24, 2.45) is 0 Å². The van der Waals surface area contributed by atoms with Crippen LogP contribution in [0.2, 0.25) is 0 Å². The van der Waals surface area contributed by atoms with Gasteiger partial charge in [0, 0.05) is 24.6 Å². The van der Waals surface area contributed by atoms with Crippen molar-refractivity contribution in [2.75, 3.05) is 19.0 Å². The van der Waals surface area contributed by atoms with Gasteiger partial charge < -0.3 is 15.0 Å². The number of anilines is 1. The maximum atomic E-state index is 13.1. The lowest BCUT2D eigenvalue weighted by molar-refractivity contribution is 0.0536. The summed E-state index contributed by atoms with van der Waals surface area (Å²) in [5, 5.41) is 12.7. The Kier molecular flexibility index (Phi) is 6.75. The first-order chi connectivity index (χ1) is 17.6. The third-order valence-corrected chi connectivity index (χ3v) is 6.45. The van der Waals surface area contributed by atoms with Crippen LogP contribution in [0.5, 0.6) is 0 Å². The smallest absolute Gasteiger partial charge is 0.280 e. The van der Waals surface area contributed by atoms with E-state index in [2.05, 4.69) is 32.9 Å². The van der Waals surface area contributed by atoms with Crippen LogP contribution in [0.4, 0.5) is 5.95 Å². The first-order valence-corrected chi connectivity index (χ1v) is 11.9. The van der Waals surface area contributed by atoms with Crippen LogP contribution in [0.1, 0.15) is 39.0 Å². The summed E-state index contributed by atoms with van der Waals surface area (Å²) in [6.45, 7) is 0.603. The normalized spacial score (nSPS) is 12.5. The van der Waals surface area contributed by atoms with Crippen molar-refractivity contribution in [3.05, 3.63) is 92.9 Å². The fourth-order valence-corrected chi connectivity index (χ4v) is 4.54. The number of rotatable bonds is 8. The number of aliphatic hydroxyl groups is 1. The Hall–Kier alpha value is -4.08. The zero-order chi connectivity index (χ0) is 25.1. The molecule has 0 spiro atoms. The van der Waals surface area contributed by atoms with Crippen molar-refractivity contribution in [3.63, 3.8) is 0 Å². The molecule has 184 valence electrons. The second kappa shape index (κ2) is 10.3. The summed E-state index contributed by atoms with van der Waals surface area (Å²) in [7, 11) is 1.32. The van der Waals surface area contributed by atoms with Gasteiger partial charge in [-0.05, 0) is 60.1 Å². The number of nitrogens with one attached hydrogen (secondary N) is 2. The molecule has 2 heterocycles. The topological polar surface area (TPSA) is 118 Å². The molecule has 5 rings (SSSR count). The Labute approximate surface area is 207 Å². The van der Waals surface area contributed by atoms with E-state index in [-0.39, 0.29) is 17.6 Å². The summed E-state index contributed by atoms with van der Waals surface area (Å²) in [6.07, 6.45) is 6.87. The van der Waals surface area contributed by atoms with Gasteiger partial charge in [-0.2, -0.15) is 4.98 Å². The second-order valence-corrected chi connectivity index (χ2v) is 8.77. The third-order valence-electron chi connectivity index (χ3n) is 6.45. The van der Waals surface area contributed by atoms with Crippen LogP contribution >= 0.6 is 0 Å². The molecule has 9 heteroatoms. The number of amides is 1. The van der Waals surface area contributed by atoms with Crippen LogP contribution in [-0.4, -0.2) is 39.2 Å². The highest BCUT2D eigenvalue weighted by molar-refractivity contribution is 5.96. The van der Waals surface area contributed by atoms with Gasteiger partial charge in [-0.15, -0.1) is 0 Å². The number of carbonyl (C=O) groups excluding carboxylic acids is 1. The van der Waals surface area contributed by atoms with Crippen molar-refractivity contribution in [3.8, 4) is 5.69 Å². The number of nitrogens with zero attached hydrogens (tertiary/aromatic N) is 3. The monoisotopic (exact) mass is 485 g/mol. The van der Waals surface area contributed by atoms with E-state index in [1.165, 1.54) is 30.6 Å². The van der Waals surface area contributed by atoms with Gasteiger partial charge in [0.2, 0.25) is 11.4 Å². The van der Waals surface area contributed by atoms with E-state index >= 15 is 0 Å². The minimum Gasteiger partial charge on any atom is -0.392 e. The van der Waals surface area contributed by atoms with Crippen molar-refractivity contribution in [1.29, 1.82) is 0 Å². The minimum absolute atomic E-state index is 0.0181. The van der Waals surface area contributed by atoms with Gasteiger partial charge in [-0.1, -0.05) is 30.3 Å². The fourth-order valence-electron chi connectivity index (χ4n) is 4.54. The van der Waals surface area contributed by atoms with Crippen molar-refractivity contribution < 1.29 is 14.7 Å². The van der Waals surface area contributed by atoms with Gasteiger partial charge in [-0.3, -0.25) is 14.4 Å². The summed E-state index contributed by atoms with van der Waals surface area (Å²) in [5.41, 5.74) is 7.52. The van der Waals surface area contributed by atoms with E-state index in [1.54, 1.807) is 4.57 Å². The molecule has 0 aliphatic heterocycles. The Balaban J connectivity index is 1.50. The number of hydrogen-bond acceptors (Lipinski definition) is 7. The lowest BCUT2D eigenvalue weighted by Crippen LogP contribution is -2.29. The van der Waals surface area contributed by atoms with E-state index < -0.39 is 11.3 Å². The Morgan fingerprint density at radius 3 is 2.67 bits per heavy atom. The standard InChI is InChI=1S/C27H27N5O4/c1-36-31-26(35)23-15-32(21-10-9-19-3-2-4-20(19)13-21)25-22(24(23)34)14-29-27(30-25)28-12-11-17-5-7-18(16-33)8-6-17/h5-10,13-15,33H,2-4,11-12,16H2,1H3,(H,31,35)(H,28,29,30). The molecule has 4 aromatic rings. The third kappa shape index (κ3) is 4.71. The second-order valence-electron chi connectivity index (χ2n) is 8.77. The quantitative estimate of drug-likeness (QED) is 0.329. The maximum absolute atomic E-state index is 13.1. The molecule has 2 aromatic heterocycles. The van der Waals surface area contributed by atoms with Gasteiger partial charge in [0.1, 0.15) is 5.56 Å². The van der Waals surface area contributed by atoms with E-state index in [4.69, 9.17) is 4.84 Å². The average Bonchev–Trinajstić information content (AvgIpc) is 3.37. The summed E-state index contributed by atoms with van der Waals surface area (Å²) in [4.78, 5) is 39.4. The van der Waals surface area contributed by atoms with Crippen LogP contribution in [0.3, 0.4) is 0 Å². The maximum Gasteiger partial charge on any atom is 0.280 e. The molecule has 0 unspecified atom stereocenters. The molecule has 3 N–H and O–H groups in total. The van der Waals surface area contributed by atoms with Crippen LogP contribution < -0.4 is 16.2 Å². The van der Waals surface area contributed by atoms with Crippen LogP contribution in [0, 0.1) is 0 Å². The minimum atomic E-state index is -0.631. The highest BCUT2D eigenvalue weighted by Crippen LogP contribution is 2.26. The van der Waals surface area contributed by atoms with Gasteiger partial charge in [0.15, 0.2) is 5.65 Å². The number of aromatic nitrogens is 3. The van der Waals surface area contributed by atoms with Gasteiger partial charge in [-0.25, -0.2) is 10.5 Å². The van der Waals surface area contributed by atoms with E-state index in [1.807, 2.05) is 30.3 Å². The lowest BCUT2D eigenvalue weighted by atomic mass is 10.1. The Morgan fingerprint density at radius 1 is 1.11 bits per heavy atom. The first-order valence-electron chi connectivity index (χ1n) is 11.9. The number of carbonyl (C=O) groups is 1. The van der Waals surface area contributed by atoms with Crippen molar-refractivity contribution in [1.82, 2.24) is 20.0 Å². The first kappa shape index (κ1) is 23.7. The van der Waals surface area contributed by atoms with E-state index in [0.29, 0.717) is 18.1 Å². The van der Waals surface area contributed by atoms with E-state index in [9.17, 15) is 14.7 Å². The Morgan fingerprint density at radius 2 is 1.89 bits per heavy atom. The summed E-state index contributed by atoms with van der Waals surface area (Å²) in [5.74, 6) is -0.244. The largest absolute Gasteiger partial charge is 0.392 e. The van der Waals surface area contributed by atoms with Crippen LogP contribution in [0.25, 0.3) is 16.7 Å². The number of aryl methyl sites for hydroxylation is 2. The number of pyridine rings is 1. The predicted octanol–water partition coefficient (Wildman–Crippen LogP) is 2.71. The SMILES string of the molecule is CONC(=O)c1cn(-c2ccc3c(c2)CCC3)c2nc(NCCc3ccc(CO)cc3)ncc2c1=O. The molecule has 2 aromatic carbocycles. The van der Waals surface area contributed by atoms with Crippen LogP contribution in [-0.2, 0) is 30.7 Å². The number of hydrogen-bond donors (Lipinski definition) is 3. The summed E-state index contributed by atoms with van der Waals surface area (Å²) < 4.78 is 1.76. The molecule has 1 aliphatic carbocycles. The molecule has 0 bridgehead atoms. The number of benzene rings is 2. The zero-order valence-corrected chi connectivity index (χ0v) is 20.0. The summed E-state index contributed by atoms with van der Waals surface area (Å²) in [6, 6.07) is 13.9. The predicted molar refractivity (Wildman–Crippen MR) is 136 cm³/mol. The zero-order valence-electron chi connectivity index (χ0n) is 20.0. The van der Waals surface area contributed by atoms with Crippen molar-refractivity contribution in [2.45, 2.75) is 32.3 Å². The highest BCUT2D eigenvalue weighted by atomic mass is 16.6. The molecule has 1 amide bonds. The average molecular weight is 486 g/mol. The molecule has 0 saturated carbocycles. The molecule has 0 saturated heterocycles. The van der Waals surface area contributed by atoms with Gasteiger partial charge in [0.25, 0.3) is 5.91 Å². The molecule has 0 radical (unpaired) electrons. The van der Waals surface area contributed by atoms with Crippen LogP contribution in [0.15, 0.2) is 59.7 Å². The Bertz CT molecular complexity index is 1480. The molecule has 9 nitrogen and oxygen atoms in total. The van der Waals surface area contributed by atoms with E-state index in [0.717, 1.165) is 42.5 Å². The lowest BCUT2D eigenvalue weighted by Gasteiger charge is -2.15. The fraction of sp³-hybridized carbons (Fsp3) is 0.259. The molecular formula is C27H27N5O4. The molecular weight excluding hydrogens is 458 g/mol. The molecule has 1 aliphatic rings. The van der Waals surface area contributed by atoms with Crippen molar-refractivity contribution >= 4 is 22.9 Å². The molecule has 0 atom stereocenters. The number of fused-ring (bicyclic) bond motifs is 2. The van der Waals surface area contributed by atoms with Gasteiger partial charge >= 0.3 is 0 Å².